The molecule has 1 N–H and O–H groups in total. The molecule has 0 aliphatic rings. The normalized spacial score (nSPS) is 11.8. The van der Waals surface area contributed by atoms with Gasteiger partial charge in [0, 0.05) is 22.0 Å². The molecule has 1 heterocycles. The number of hydroxylamine groups is 1. The van der Waals surface area contributed by atoms with E-state index in [-0.39, 0.29) is 5.91 Å². The van der Waals surface area contributed by atoms with Gasteiger partial charge in [0.1, 0.15) is 0 Å². The smallest absolute Gasteiger partial charge is 0.276 e. The molecule has 5 heteroatoms. The maximum atomic E-state index is 12.1. The van der Waals surface area contributed by atoms with Gasteiger partial charge in [0.25, 0.3) is 5.91 Å². The number of amides is 1. The van der Waals surface area contributed by atoms with Crippen molar-refractivity contribution in [3.63, 3.8) is 0 Å². The number of carbonyl (C=O) groups is 1. The molecule has 0 saturated carbocycles. The summed E-state index contributed by atoms with van der Waals surface area (Å²) in [6.45, 7) is 6.48. The number of aromatic nitrogens is 1. The molecule has 0 bridgehead atoms. The Kier molecular flexibility index (Phi) is 10.4. The van der Waals surface area contributed by atoms with E-state index in [9.17, 15) is 4.79 Å². The molecule has 2 rings (SSSR count). The lowest BCUT2D eigenvalue weighted by atomic mass is 10.0. The van der Waals surface area contributed by atoms with E-state index >= 15 is 0 Å². The highest BCUT2D eigenvalue weighted by molar-refractivity contribution is 6.31. The van der Waals surface area contributed by atoms with E-state index in [0.717, 1.165) is 29.3 Å². The van der Waals surface area contributed by atoms with Gasteiger partial charge in [-0.3, -0.25) is 4.79 Å². The largest absolute Gasteiger partial charge is 0.359 e. The number of fused-ring (bicyclic) bond motifs is 1. The molecule has 2 aromatic rings. The molecule has 0 atom stereocenters. The summed E-state index contributed by atoms with van der Waals surface area (Å²) in [5.41, 5.74) is 4.17. The Labute approximate surface area is 185 Å². The van der Waals surface area contributed by atoms with Gasteiger partial charge in [0.05, 0.1) is 5.52 Å². The van der Waals surface area contributed by atoms with Crippen LogP contribution in [0.1, 0.15) is 64.9 Å². The molecule has 0 aliphatic carbocycles. The summed E-state index contributed by atoms with van der Waals surface area (Å²) in [5.74, 6) is 0.521. The first-order valence-electron chi connectivity index (χ1n) is 10.9. The minimum Gasteiger partial charge on any atom is -0.359 e. The van der Waals surface area contributed by atoms with Crippen molar-refractivity contribution in [2.45, 2.75) is 65.7 Å². The number of hydrogen-bond acceptors (Lipinski definition) is 3. The average Bonchev–Trinajstić information content (AvgIpc) is 2.70. The average molecular weight is 429 g/mol. The van der Waals surface area contributed by atoms with Gasteiger partial charge in [-0.2, -0.15) is 5.48 Å². The number of nitrogens with one attached hydrogen (secondary N) is 1. The number of allylic oxidation sites excluding steroid dienone is 3. The van der Waals surface area contributed by atoms with Crippen LogP contribution in [0.3, 0.4) is 0 Å². The van der Waals surface area contributed by atoms with Crippen LogP contribution in [-0.2, 0) is 11.2 Å². The zero-order valence-corrected chi connectivity index (χ0v) is 19.0. The molecule has 0 saturated heterocycles. The summed E-state index contributed by atoms with van der Waals surface area (Å²) >= 11 is 6.10. The summed E-state index contributed by atoms with van der Waals surface area (Å²) < 4.78 is 0. The van der Waals surface area contributed by atoms with Gasteiger partial charge in [0.15, 0.2) is 0 Å². The maximum Gasteiger partial charge on any atom is 0.276 e. The number of hydrogen-bond donors (Lipinski definition) is 1. The number of halogens is 1. The van der Waals surface area contributed by atoms with Gasteiger partial charge >= 0.3 is 0 Å². The molecular weight excluding hydrogens is 396 g/mol. The topological polar surface area (TPSA) is 51.2 Å². The fourth-order valence-corrected chi connectivity index (χ4v) is 3.34. The highest BCUT2D eigenvalue weighted by atomic mass is 35.5. The molecule has 1 aromatic carbocycles. The molecule has 30 heavy (non-hydrogen) atoms. The number of pyridine rings is 1. The molecule has 1 aromatic heterocycles. The lowest BCUT2D eigenvalue weighted by Crippen LogP contribution is -2.26. The van der Waals surface area contributed by atoms with Crippen molar-refractivity contribution in [1.82, 2.24) is 10.5 Å². The predicted octanol–water partition coefficient (Wildman–Crippen LogP) is 6.97. The number of rotatable bonds is 12. The minimum atomic E-state index is -0.323. The van der Waals surface area contributed by atoms with Crippen molar-refractivity contribution in [3.05, 3.63) is 59.2 Å². The summed E-state index contributed by atoms with van der Waals surface area (Å²) in [6, 6.07) is 7.54. The van der Waals surface area contributed by atoms with Crippen LogP contribution in [0.25, 0.3) is 10.9 Å². The SMILES string of the molecule is CCCCCCC/C=C/C=C/C(=O)NOc1nc2ccc(Cl)cc2cc1CC(C)C. The third-order valence-corrected chi connectivity index (χ3v) is 4.90. The first-order valence-corrected chi connectivity index (χ1v) is 11.3. The monoisotopic (exact) mass is 428 g/mol. The van der Waals surface area contributed by atoms with Gasteiger partial charge in [-0.15, -0.1) is 0 Å². The van der Waals surface area contributed by atoms with Crippen LogP contribution in [0.4, 0.5) is 0 Å². The van der Waals surface area contributed by atoms with Crippen LogP contribution in [0.15, 0.2) is 48.6 Å². The van der Waals surface area contributed by atoms with Crippen LogP contribution < -0.4 is 10.3 Å². The fraction of sp³-hybridized carbons (Fsp3) is 0.440. The molecule has 0 fully saturated rings. The van der Waals surface area contributed by atoms with Crippen LogP contribution in [0, 0.1) is 5.92 Å². The Balaban J connectivity index is 1.90. The lowest BCUT2D eigenvalue weighted by molar-refractivity contribution is -0.122. The van der Waals surface area contributed by atoms with E-state index in [2.05, 4.69) is 37.3 Å². The molecule has 0 aliphatic heterocycles. The van der Waals surface area contributed by atoms with E-state index < -0.39 is 0 Å². The van der Waals surface area contributed by atoms with Crippen LogP contribution in [0.5, 0.6) is 5.88 Å². The van der Waals surface area contributed by atoms with Crippen molar-refractivity contribution in [1.29, 1.82) is 0 Å². The highest BCUT2D eigenvalue weighted by Crippen LogP contribution is 2.26. The van der Waals surface area contributed by atoms with Crippen LogP contribution in [-0.4, -0.2) is 10.9 Å². The number of unbranched alkanes of at least 4 members (excludes halogenated alkanes) is 5. The molecule has 162 valence electrons. The second-order valence-corrected chi connectivity index (χ2v) is 8.38. The first kappa shape index (κ1) is 23.9. The Morgan fingerprint density at radius 3 is 2.73 bits per heavy atom. The third kappa shape index (κ3) is 8.58. The van der Waals surface area contributed by atoms with Crippen molar-refractivity contribution in [3.8, 4) is 5.88 Å². The standard InChI is InChI=1S/C25H33ClN2O2/c1-4-5-6-7-8-9-10-11-12-13-24(29)28-30-25-21(16-19(2)3)17-20-18-22(26)14-15-23(20)27-25/h10-15,17-19H,4-9,16H2,1-3H3,(H,28,29)/b11-10+,13-12+. The third-order valence-electron chi connectivity index (χ3n) is 4.66. The summed E-state index contributed by atoms with van der Waals surface area (Å²) in [5, 5.41) is 1.62. The summed E-state index contributed by atoms with van der Waals surface area (Å²) in [4.78, 5) is 22.2. The van der Waals surface area contributed by atoms with E-state index in [1.54, 1.807) is 12.1 Å². The highest BCUT2D eigenvalue weighted by Gasteiger charge is 2.12. The molecular formula is C25H33ClN2O2. The quantitative estimate of drug-likeness (QED) is 0.172. The maximum absolute atomic E-state index is 12.1. The van der Waals surface area contributed by atoms with Crippen LogP contribution >= 0.6 is 11.6 Å². The van der Waals surface area contributed by atoms with Gasteiger partial charge < -0.3 is 4.84 Å². The number of benzene rings is 1. The number of nitrogens with zero attached hydrogens (tertiary/aromatic N) is 1. The zero-order chi connectivity index (χ0) is 21.8. The Bertz CT molecular complexity index is 875. The van der Waals surface area contributed by atoms with Crippen molar-refractivity contribution < 1.29 is 9.63 Å². The van der Waals surface area contributed by atoms with E-state index in [4.69, 9.17) is 16.4 Å². The summed E-state index contributed by atoms with van der Waals surface area (Å²) in [6.07, 6.45) is 15.3. The van der Waals surface area contributed by atoms with Crippen molar-refractivity contribution >= 4 is 28.4 Å². The van der Waals surface area contributed by atoms with Crippen LogP contribution in [0.2, 0.25) is 5.02 Å². The second kappa shape index (κ2) is 13.1. The number of carbonyl (C=O) groups excluding carboxylic acids is 1. The van der Waals surface area contributed by atoms with Gasteiger partial charge in [-0.1, -0.05) is 76.3 Å². The Morgan fingerprint density at radius 2 is 1.97 bits per heavy atom. The van der Waals surface area contributed by atoms with Crippen molar-refractivity contribution in [2.24, 2.45) is 5.92 Å². The zero-order valence-electron chi connectivity index (χ0n) is 18.3. The second-order valence-electron chi connectivity index (χ2n) is 7.95. The lowest BCUT2D eigenvalue weighted by Gasteiger charge is -2.13. The predicted molar refractivity (Wildman–Crippen MR) is 126 cm³/mol. The molecule has 1 amide bonds. The van der Waals surface area contributed by atoms with E-state index in [1.807, 2.05) is 24.3 Å². The van der Waals surface area contributed by atoms with Gasteiger partial charge in [-0.25, -0.2) is 4.98 Å². The summed E-state index contributed by atoms with van der Waals surface area (Å²) in [7, 11) is 0. The van der Waals surface area contributed by atoms with E-state index in [0.29, 0.717) is 16.8 Å². The van der Waals surface area contributed by atoms with Crippen molar-refractivity contribution in [2.75, 3.05) is 0 Å². The van der Waals surface area contributed by atoms with Gasteiger partial charge in [0.2, 0.25) is 5.88 Å². The Hall–Kier alpha value is -2.33. The fourth-order valence-electron chi connectivity index (χ4n) is 3.16. The minimum absolute atomic E-state index is 0.323. The molecule has 0 radical (unpaired) electrons. The van der Waals surface area contributed by atoms with E-state index in [1.165, 1.54) is 38.2 Å². The molecule has 0 spiro atoms. The molecule has 0 unspecified atom stereocenters. The van der Waals surface area contributed by atoms with Gasteiger partial charge in [-0.05, 0) is 49.4 Å². The molecule has 4 nitrogen and oxygen atoms in total. The Morgan fingerprint density at radius 1 is 1.17 bits per heavy atom. The first-order chi connectivity index (χ1) is 14.5.